The van der Waals surface area contributed by atoms with E-state index in [0.717, 1.165) is 12.1 Å². The fraction of sp³-hybridized carbons (Fsp3) is 0.300. The van der Waals surface area contributed by atoms with E-state index in [2.05, 4.69) is 10.1 Å². The lowest BCUT2D eigenvalue weighted by atomic mass is 10.1. The van der Waals surface area contributed by atoms with E-state index in [-0.39, 0.29) is 17.9 Å². The average molecular weight is 405 g/mol. The number of nitrogens with one attached hydrogen (secondary N) is 1. The summed E-state index contributed by atoms with van der Waals surface area (Å²) in [6.45, 7) is 0.976. The first-order valence-electron chi connectivity index (χ1n) is 8.91. The fourth-order valence-electron chi connectivity index (χ4n) is 2.92. The van der Waals surface area contributed by atoms with Gasteiger partial charge in [0.15, 0.2) is 0 Å². The van der Waals surface area contributed by atoms with Crippen LogP contribution in [-0.2, 0) is 0 Å². The van der Waals surface area contributed by atoms with E-state index in [4.69, 9.17) is 10.00 Å². The standard InChI is InChI=1S/C20H18F3N3O3/c21-20(22,23)29-18-7-3-15(4-8-18)25-19(27)26-11-9-17(10-12-26)28-16-5-1-14(13-24)2-6-16/h1-8,17H,9-12H2,(H,25,27). The number of nitrogens with zero attached hydrogens (tertiary/aromatic N) is 2. The molecule has 0 aliphatic carbocycles. The molecule has 2 amide bonds. The van der Waals surface area contributed by atoms with Crippen LogP contribution in [0.3, 0.4) is 0 Å². The number of carbonyl (C=O) groups excluding carboxylic acids is 1. The quantitative estimate of drug-likeness (QED) is 0.811. The molecular weight excluding hydrogens is 387 g/mol. The maximum absolute atomic E-state index is 12.3. The van der Waals surface area contributed by atoms with Crippen LogP contribution in [0, 0.1) is 11.3 Å². The maximum Gasteiger partial charge on any atom is 0.573 e. The van der Waals surface area contributed by atoms with Crippen LogP contribution in [-0.4, -0.2) is 36.5 Å². The van der Waals surface area contributed by atoms with Crippen molar-refractivity contribution in [1.82, 2.24) is 4.90 Å². The molecule has 2 aromatic carbocycles. The van der Waals surface area contributed by atoms with Gasteiger partial charge in [-0.05, 0) is 48.5 Å². The molecule has 0 unspecified atom stereocenters. The summed E-state index contributed by atoms with van der Waals surface area (Å²) in [6.07, 6.45) is -3.50. The maximum atomic E-state index is 12.3. The first-order chi connectivity index (χ1) is 13.8. The van der Waals surface area contributed by atoms with Gasteiger partial charge in [0.1, 0.15) is 17.6 Å². The Labute approximate surface area is 165 Å². The highest BCUT2D eigenvalue weighted by atomic mass is 19.4. The van der Waals surface area contributed by atoms with Gasteiger partial charge in [0, 0.05) is 31.6 Å². The summed E-state index contributed by atoms with van der Waals surface area (Å²) in [5.41, 5.74) is 0.933. The molecule has 2 aromatic rings. The van der Waals surface area contributed by atoms with Crippen molar-refractivity contribution in [2.45, 2.75) is 25.3 Å². The number of urea groups is 1. The number of halogens is 3. The number of hydrogen-bond donors (Lipinski definition) is 1. The molecule has 0 saturated carbocycles. The number of anilines is 1. The van der Waals surface area contributed by atoms with Crippen LogP contribution in [0.2, 0.25) is 0 Å². The van der Waals surface area contributed by atoms with Crippen molar-refractivity contribution in [3.8, 4) is 17.6 Å². The van der Waals surface area contributed by atoms with Crippen molar-refractivity contribution in [3.63, 3.8) is 0 Å². The van der Waals surface area contributed by atoms with Crippen LogP contribution in [0.4, 0.5) is 23.7 Å². The van der Waals surface area contributed by atoms with Crippen molar-refractivity contribution >= 4 is 11.7 Å². The van der Waals surface area contributed by atoms with Crippen LogP contribution in [0.25, 0.3) is 0 Å². The lowest BCUT2D eigenvalue weighted by Crippen LogP contribution is -2.43. The van der Waals surface area contributed by atoms with Crippen molar-refractivity contribution in [1.29, 1.82) is 5.26 Å². The van der Waals surface area contributed by atoms with E-state index < -0.39 is 6.36 Å². The summed E-state index contributed by atoms with van der Waals surface area (Å²) in [5.74, 6) is 0.323. The van der Waals surface area contributed by atoms with Crippen LogP contribution in [0.15, 0.2) is 48.5 Å². The minimum atomic E-state index is -4.76. The number of benzene rings is 2. The highest BCUT2D eigenvalue weighted by molar-refractivity contribution is 5.89. The number of hydrogen-bond acceptors (Lipinski definition) is 4. The summed E-state index contributed by atoms with van der Waals surface area (Å²) < 4.78 is 46.2. The fourth-order valence-corrected chi connectivity index (χ4v) is 2.92. The van der Waals surface area contributed by atoms with Crippen molar-refractivity contribution in [3.05, 3.63) is 54.1 Å². The normalized spacial score (nSPS) is 14.8. The molecule has 0 bridgehead atoms. The highest BCUT2D eigenvalue weighted by Crippen LogP contribution is 2.24. The Morgan fingerprint density at radius 2 is 1.62 bits per heavy atom. The number of likely N-dealkylation sites (tertiary alicyclic amines) is 1. The molecule has 1 aliphatic heterocycles. The summed E-state index contributed by atoms with van der Waals surface area (Å²) in [4.78, 5) is 14.0. The smallest absolute Gasteiger partial charge is 0.490 e. The number of amides is 2. The number of alkyl halides is 3. The second-order valence-electron chi connectivity index (χ2n) is 6.44. The molecule has 0 atom stereocenters. The van der Waals surface area contributed by atoms with Gasteiger partial charge in [0.2, 0.25) is 0 Å². The first kappa shape index (κ1) is 20.3. The Hall–Kier alpha value is -3.41. The van der Waals surface area contributed by atoms with Gasteiger partial charge in [0.05, 0.1) is 11.6 Å². The Morgan fingerprint density at radius 3 is 2.17 bits per heavy atom. The van der Waals surface area contributed by atoms with Gasteiger partial charge < -0.3 is 19.7 Å². The zero-order valence-corrected chi connectivity index (χ0v) is 15.3. The van der Waals surface area contributed by atoms with E-state index in [0.29, 0.717) is 42.9 Å². The van der Waals surface area contributed by atoms with Gasteiger partial charge in [-0.15, -0.1) is 13.2 Å². The van der Waals surface area contributed by atoms with Crippen molar-refractivity contribution in [2.75, 3.05) is 18.4 Å². The van der Waals surface area contributed by atoms with E-state index in [1.807, 2.05) is 6.07 Å². The van der Waals surface area contributed by atoms with Crippen LogP contribution < -0.4 is 14.8 Å². The molecule has 1 fully saturated rings. The van der Waals surface area contributed by atoms with Gasteiger partial charge in [-0.25, -0.2) is 4.79 Å². The predicted octanol–water partition coefficient (Wildman–Crippen LogP) is 4.53. The monoisotopic (exact) mass is 405 g/mol. The molecule has 1 aliphatic rings. The summed E-state index contributed by atoms with van der Waals surface area (Å²) in [5, 5.41) is 11.5. The van der Waals surface area contributed by atoms with Crippen molar-refractivity contribution < 1.29 is 27.4 Å². The largest absolute Gasteiger partial charge is 0.573 e. The third-order valence-electron chi connectivity index (χ3n) is 4.35. The second-order valence-corrected chi connectivity index (χ2v) is 6.44. The number of carbonyl (C=O) groups is 1. The molecule has 29 heavy (non-hydrogen) atoms. The second kappa shape index (κ2) is 8.73. The summed E-state index contributed by atoms with van der Waals surface area (Å²) in [7, 11) is 0. The Balaban J connectivity index is 1.46. The SMILES string of the molecule is N#Cc1ccc(OC2CCN(C(=O)Nc3ccc(OC(F)(F)F)cc3)CC2)cc1. The molecule has 0 radical (unpaired) electrons. The van der Waals surface area contributed by atoms with E-state index in [1.165, 1.54) is 12.1 Å². The minimum absolute atomic E-state index is 0.0363. The van der Waals surface area contributed by atoms with Gasteiger partial charge in [0.25, 0.3) is 0 Å². The Kier molecular flexibility index (Phi) is 6.12. The van der Waals surface area contributed by atoms with Crippen LogP contribution in [0.1, 0.15) is 18.4 Å². The molecule has 9 heteroatoms. The number of piperidine rings is 1. The summed E-state index contributed by atoms with van der Waals surface area (Å²) >= 11 is 0. The molecule has 1 heterocycles. The van der Waals surface area contributed by atoms with Crippen LogP contribution >= 0.6 is 0 Å². The van der Waals surface area contributed by atoms with E-state index >= 15 is 0 Å². The topological polar surface area (TPSA) is 74.6 Å². The van der Waals surface area contributed by atoms with Crippen LogP contribution in [0.5, 0.6) is 11.5 Å². The van der Waals surface area contributed by atoms with E-state index in [1.54, 1.807) is 29.2 Å². The Morgan fingerprint density at radius 1 is 1.03 bits per heavy atom. The molecular formula is C20H18F3N3O3. The highest BCUT2D eigenvalue weighted by Gasteiger charge is 2.31. The zero-order valence-electron chi connectivity index (χ0n) is 15.3. The number of rotatable bonds is 4. The lowest BCUT2D eigenvalue weighted by molar-refractivity contribution is -0.274. The third-order valence-corrected chi connectivity index (χ3v) is 4.35. The molecule has 0 aromatic heterocycles. The zero-order chi connectivity index (χ0) is 20.9. The van der Waals surface area contributed by atoms with Gasteiger partial charge in [-0.3, -0.25) is 0 Å². The Bertz CT molecular complexity index is 869. The molecule has 1 N–H and O–H groups in total. The van der Waals surface area contributed by atoms with Gasteiger partial charge in [-0.2, -0.15) is 5.26 Å². The van der Waals surface area contributed by atoms with Gasteiger partial charge in [-0.1, -0.05) is 0 Å². The molecule has 152 valence electrons. The van der Waals surface area contributed by atoms with Gasteiger partial charge >= 0.3 is 12.4 Å². The first-order valence-corrected chi connectivity index (χ1v) is 8.91. The number of nitriles is 1. The minimum Gasteiger partial charge on any atom is -0.490 e. The van der Waals surface area contributed by atoms with Crippen molar-refractivity contribution in [2.24, 2.45) is 0 Å². The number of ether oxygens (including phenoxy) is 2. The molecule has 3 rings (SSSR count). The third kappa shape index (κ3) is 6.04. The lowest BCUT2D eigenvalue weighted by Gasteiger charge is -2.32. The molecule has 1 saturated heterocycles. The molecule has 6 nitrogen and oxygen atoms in total. The predicted molar refractivity (Wildman–Crippen MR) is 98.5 cm³/mol. The van der Waals surface area contributed by atoms with E-state index in [9.17, 15) is 18.0 Å². The summed E-state index contributed by atoms with van der Waals surface area (Å²) in [6, 6.07) is 13.5. The average Bonchev–Trinajstić information content (AvgIpc) is 2.69. The molecule has 0 spiro atoms.